The first-order valence-electron chi connectivity index (χ1n) is 11.2. The molecule has 0 bridgehead atoms. The van der Waals surface area contributed by atoms with Crippen molar-refractivity contribution in [1.82, 2.24) is 10.2 Å². The topological polar surface area (TPSA) is 73.8 Å². The summed E-state index contributed by atoms with van der Waals surface area (Å²) in [5, 5.41) is 16.7. The molecule has 1 aliphatic heterocycles. The number of fused-ring (bicyclic) bond motifs is 1. The molecule has 3 rings (SSSR count). The number of carbonyl (C=O) groups is 1. The Balaban J connectivity index is 1.44. The minimum absolute atomic E-state index is 0.168. The Hall–Kier alpha value is -2.41. The summed E-state index contributed by atoms with van der Waals surface area (Å²) in [7, 11) is 1.71. The van der Waals surface area contributed by atoms with Crippen LogP contribution in [0.15, 0.2) is 48.5 Å². The fourth-order valence-corrected chi connectivity index (χ4v) is 4.03. The van der Waals surface area contributed by atoms with Crippen LogP contribution in [0.3, 0.4) is 0 Å². The van der Waals surface area contributed by atoms with Crippen molar-refractivity contribution in [2.45, 2.75) is 44.9 Å². The van der Waals surface area contributed by atoms with Crippen LogP contribution in [0, 0.1) is 0 Å². The van der Waals surface area contributed by atoms with Crippen molar-refractivity contribution in [3.05, 3.63) is 65.2 Å². The predicted octanol–water partition coefficient (Wildman–Crippen LogP) is 3.06. The number of anilines is 1. The summed E-state index contributed by atoms with van der Waals surface area (Å²) >= 11 is 0. The summed E-state index contributed by atoms with van der Waals surface area (Å²) in [4.78, 5) is 14.8. The van der Waals surface area contributed by atoms with Crippen molar-refractivity contribution in [3.8, 4) is 0 Å². The molecule has 0 saturated heterocycles. The molecule has 2 aromatic carbocycles. The molecule has 0 aromatic heterocycles. The van der Waals surface area contributed by atoms with E-state index in [0.717, 1.165) is 44.6 Å². The van der Waals surface area contributed by atoms with Crippen molar-refractivity contribution < 1.29 is 14.6 Å². The molecule has 168 valence electrons. The van der Waals surface area contributed by atoms with E-state index in [1.54, 1.807) is 13.2 Å². The molecule has 0 aliphatic carbocycles. The average molecular weight is 426 g/mol. The van der Waals surface area contributed by atoms with Gasteiger partial charge in [-0.15, -0.1) is 0 Å². The summed E-state index contributed by atoms with van der Waals surface area (Å²) in [5.41, 5.74) is 4.23. The molecular weight excluding hydrogens is 390 g/mol. The van der Waals surface area contributed by atoms with Gasteiger partial charge in [0, 0.05) is 57.2 Å². The molecule has 2 atom stereocenters. The summed E-state index contributed by atoms with van der Waals surface area (Å²) in [5.74, 6) is -0.168. The Bertz CT molecular complexity index is 842. The number of nitrogens with one attached hydrogen (secondary N) is 2. The van der Waals surface area contributed by atoms with Crippen LogP contribution < -0.4 is 10.6 Å². The van der Waals surface area contributed by atoms with Gasteiger partial charge in [-0.1, -0.05) is 30.3 Å². The van der Waals surface area contributed by atoms with E-state index in [0.29, 0.717) is 18.2 Å². The Morgan fingerprint density at radius 3 is 2.81 bits per heavy atom. The number of carbonyl (C=O) groups excluding carboxylic acids is 1. The van der Waals surface area contributed by atoms with Crippen LogP contribution >= 0.6 is 0 Å². The second kappa shape index (κ2) is 11.8. The number of β-amino-alcohol motifs (C(OH)–C–C–N with tert-alkyl or cyclic N) is 1. The van der Waals surface area contributed by atoms with Gasteiger partial charge in [0.05, 0.1) is 6.10 Å². The van der Waals surface area contributed by atoms with Crippen molar-refractivity contribution >= 4 is 11.6 Å². The third-order valence-corrected chi connectivity index (χ3v) is 5.70. The molecule has 2 aromatic rings. The lowest BCUT2D eigenvalue weighted by atomic mass is 10.00. The highest BCUT2D eigenvalue weighted by Crippen LogP contribution is 2.18. The normalized spacial score (nSPS) is 15.7. The zero-order chi connectivity index (χ0) is 22.1. The van der Waals surface area contributed by atoms with Crippen LogP contribution in [0.25, 0.3) is 0 Å². The number of nitrogens with zero attached hydrogens (tertiary/aromatic N) is 1. The number of hydrogen-bond donors (Lipinski definition) is 3. The van der Waals surface area contributed by atoms with Crippen molar-refractivity contribution in [2.24, 2.45) is 0 Å². The summed E-state index contributed by atoms with van der Waals surface area (Å²) < 4.78 is 5.10. The van der Waals surface area contributed by atoms with Gasteiger partial charge in [0.2, 0.25) is 0 Å². The Labute approximate surface area is 185 Å². The largest absolute Gasteiger partial charge is 0.390 e. The van der Waals surface area contributed by atoms with Crippen LogP contribution in [0.5, 0.6) is 0 Å². The molecule has 1 heterocycles. The number of ether oxygens (including phenoxy) is 1. The predicted molar refractivity (Wildman–Crippen MR) is 124 cm³/mol. The molecule has 0 radical (unpaired) electrons. The molecule has 0 spiro atoms. The number of benzene rings is 2. The lowest BCUT2D eigenvalue weighted by molar-refractivity contribution is 0.0842. The number of rotatable bonds is 11. The third kappa shape index (κ3) is 7.35. The highest BCUT2D eigenvalue weighted by Gasteiger charge is 2.19. The van der Waals surface area contributed by atoms with Crippen LogP contribution in [-0.4, -0.2) is 61.4 Å². The van der Waals surface area contributed by atoms with Gasteiger partial charge in [-0.2, -0.15) is 0 Å². The van der Waals surface area contributed by atoms with E-state index in [9.17, 15) is 9.90 Å². The SMILES string of the molecule is COCCCC(C)Nc1cccc(C(=O)NCC(O)CN2CCc3ccccc3C2)c1. The van der Waals surface area contributed by atoms with E-state index in [2.05, 4.69) is 46.7 Å². The Morgan fingerprint density at radius 2 is 2.00 bits per heavy atom. The zero-order valence-electron chi connectivity index (χ0n) is 18.6. The van der Waals surface area contributed by atoms with Crippen molar-refractivity contribution in [3.63, 3.8) is 0 Å². The molecule has 0 saturated carbocycles. The number of methoxy groups -OCH3 is 1. The number of aliphatic hydroxyl groups excluding tert-OH is 1. The minimum atomic E-state index is -0.601. The quantitative estimate of drug-likeness (QED) is 0.483. The van der Waals surface area contributed by atoms with Gasteiger partial charge >= 0.3 is 0 Å². The Morgan fingerprint density at radius 1 is 1.19 bits per heavy atom. The number of hydrogen-bond acceptors (Lipinski definition) is 5. The molecule has 6 nitrogen and oxygen atoms in total. The first kappa shape index (κ1) is 23.3. The maximum atomic E-state index is 12.6. The Kier molecular flexibility index (Phi) is 8.88. The minimum Gasteiger partial charge on any atom is -0.390 e. The molecule has 2 unspecified atom stereocenters. The molecule has 0 fully saturated rings. The molecule has 3 N–H and O–H groups in total. The van der Waals surface area contributed by atoms with E-state index in [-0.39, 0.29) is 12.5 Å². The van der Waals surface area contributed by atoms with E-state index >= 15 is 0 Å². The monoisotopic (exact) mass is 425 g/mol. The summed E-state index contributed by atoms with van der Waals surface area (Å²) in [6.07, 6.45) is 2.39. The molecular formula is C25H35N3O3. The maximum absolute atomic E-state index is 12.6. The second-order valence-corrected chi connectivity index (χ2v) is 8.38. The molecule has 6 heteroatoms. The number of amides is 1. The lowest BCUT2D eigenvalue weighted by Gasteiger charge is -2.30. The fourth-order valence-electron chi connectivity index (χ4n) is 4.03. The van der Waals surface area contributed by atoms with Gasteiger partial charge in [0.1, 0.15) is 0 Å². The highest BCUT2D eigenvalue weighted by atomic mass is 16.5. The van der Waals surface area contributed by atoms with Gasteiger partial charge in [-0.3, -0.25) is 9.69 Å². The standard InChI is InChI=1S/C25H35N3O3/c1-19(7-6-14-31-2)27-23-11-5-10-21(15-23)25(30)26-16-24(29)18-28-13-12-20-8-3-4-9-22(20)17-28/h3-5,8-11,15,19,24,27,29H,6-7,12-14,16-18H2,1-2H3,(H,26,30). The van der Waals surface area contributed by atoms with E-state index < -0.39 is 6.10 Å². The fraction of sp³-hybridized carbons (Fsp3) is 0.480. The summed E-state index contributed by atoms with van der Waals surface area (Å²) in [6, 6.07) is 16.2. The van der Waals surface area contributed by atoms with Crippen molar-refractivity contribution in [2.75, 3.05) is 38.7 Å². The van der Waals surface area contributed by atoms with Crippen LogP contribution in [0.2, 0.25) is 0 Å². The highest BCUT2D eigenvalue weighted by molar-refractivity contribution is 5.95. The van der Waals surface area contributed by atoms with Crippen LogP contribution in [-0.2, 0) is 17.7 Å². The van der Waals surface area contributed by atoms with Gasteiger partial charge in [-0.05, 0) is 55.5 Å². The van der Waals surface area contributed by atoms with Gasteiger partial charge in [-0.25, -0.2) is 0 Å². The van der Waals surface area contributed by atoms with E-state index in [4.69, 9.17) is 4.74 Å². The number of aliphatic hydroxyl groups is 1. The van der Waals surface area contributed by atoms with E-state index in [1.807, 2.05) is 18.2 Å². The third-order valence-electron chi connectivity index (χ3n) is 5.70. The zero-order valence-corrected chi connectivity index (χ0v) is 18.6. The van der Waals surface area contributed by atoms with Crippen LogP contribution in [0.1, 0.15) is 41.3 Å². The van der Waals surface area contributed by atoms with Crippen molar-refractivity contribution in [1.29, 1.82) is 0 Å². The molecule has 1 aliphatic rings. The summed E-state index contributed by atoms with van der Waals surface area (Å²) in [6.45, 7) is 5.44. The first-order chi connectivity index (χ1) is 15.0. The average Bonchev–Trinajstić information content (AvgIpc) is 2.77. The maximum Gasteiger partial charge on any atom is 0.251 e. The van der Waals surface area contributed by atoms with Gasteiger partial charge in [0.25, 0.3) is 5.91 Å². The second-order valence-electron chi connectivity index (χ2n) is 8.38. The molecule has 1 amide bonds. The van der Waals surface area contributed by atoms with E-state index in [1.165, 1.54) is 11.1 Å². The lowest BCUT2D eigenvalue weighted by Crippen LogP contribution is -2.42. The first-order valence-corrected chi connectivity index (χ1v) is 11.2. The van der Waals surface area contributed by atoms with Gasteiger partial charge in [0.15, 0.2) is 0 Å². The smallest absolute Gasteiger partial charge is 0.251 e. The molecule has 31 heavy (non-hydrogen) atoms. The van der Waals surface area contributed by atoms with Crippen LogP contribution in [0.4, 0.5) is 5.69 Å². The van der Waals surface area contributed by atoms with Gasteiger partial charge < -0.3 is 20.5 Å².